The molecule has 2 aromatic rings. The Hall–Kier alpha value is -3.09. The first-order valence-electron chi connectivity index (χ1n) is 8.54. The fourth-order valence-corrected chi connectivity index (χ4v) is 2.99. The number of rotatable bonds is 4. The van der Waals surface area contributed by atoms with Gasteiger partial charge in [0.2, 0.25) is 11.8 Å². The van der Waals surface area contributed by atoms with Crippen molar-refractivity contribution in [2.45, 2.75) is 19.8 Å². The van der Waals surface area contributed by atoms with Crippen molar-refractivity contribution in [1.82, 2.24) is 4.90 Å². The van der Waals surface area contributed by atoms with Crippen molar-refractivity contribution in [2.75, 3.05) is 23.7 Å². The van der Waals surface area contributed by atoms with Gasteiger partial charge in [-0.15, -0.1) is 0 Å². The molecule has 1 aromatic heterocycles. The third-order valence-electron chi connectivity index (χ3n) is 4.36. The number of benzene rings is 1. The van der Waals surface area contributed by atoms with Crippen LogP contribution in [-0.4, -0.2) is 35.7 Å². The number of carbonyl (C=O) groups is 3. The summed E-state index contributed by atoms with van der Waals surface area (Å²) in [5, 5.41) is 5.57. The maximum absolute atomic E-state index is 12.4. The van der Waals surface area contributed by atoms with Crippen LogP contribution >= 0.6 is 0 Å². The molecule has 2 N–H and O–H groups in total. The Labute approximate surface area is 151 Å². The predicted molar refractivity (Wildman–Crippen MR) is 96.7 cm³/mol. The first-order valence-corrected chi connectivity index (χ1v) is 8.54. The van der Waals surface area contributed by atoms with Gasteiger partial charge in [0.05, 0.1) is 6.26 Å². The van der Waals surface area contributed by atoms with Crippen molar-refractivity contribution >= 4 is 29.1 Å². The van der Waals surface area contributed by atoms with Crippen LogP contribution in [0.4, 0.5) is 11.4 Å². The van der Waals surface area contributed by atoms with E-state index in [0.29, 0.717) is 43.1 Å². The van der Waals surface area contributed by atoms with Gasteiger partial charge in [0, 0.05) is 37.3 Å². The van der Waals surface area contributed by atoms with Gasteiger partial charge in [-0.25, -0.2) is 0 Å². The molecule has 1 saturated heterocycles. The molecule has 0 aliphatic carbocycles. The lowest BCUT2D eigenvalue weighted by atomic mass is 9.95. The van der Waals surface area contributed by atoms with Crippen LogP contribution in [-0.2, 0) is 9.59 Å². The van der Waals surface area contributed by atoms with Crippen molar-refractivity contribution < 1.29 is 18.8 Å². The summed E-state index contributed by atoms with van der Waals surface area (Å²) in [5.74, 6) is -0.139. The lowest BCUT2D eigenvalue weighted by Gasteiger charge is -2.30. The first-order chi connectivity index (χ1) is 12.5. The smallest absolute Gasteiger partial charge is 0.289 e. The Balaban J connectivity index is 1.50. The highest BCUT2D eigenvalue weighted by Crippen LogP contribution is 2.22. The summed E-state index contributed by atoms with van der Waals surface area (Å²) >= 11 is 0. The number of anilines is 2. The second-order valence-corrected chi connectivity index (χ2v) is 6.29. The molecule has 7 heteroatoms. The molecule has 3 rings (SSSR count). The SMILES string of the molecule is CC(=O)Nc1ccc(NC(=O)C2CCN(C(=O)c3ccco3)CC2)cc1. The Bertz CT molecular complexity index is 776. The number of hydrogen-bond acceptors (Lipinski definition) is 4. The van der Waals surface area contributed by atoms with Gasteiger partial charge >= 0.3 is 0 Å². The van der Waals surface area contributed by atoms with E-state index in [-0.39, 0.29) is 23.6 Å². The monoisotopic (exact) mass is 355 g/mol. The van der Waals surface area contributed by atoms with Crippen LogP contribution in [0.25, 0.3) is 0 Å². The van der Waals surface area contributed by atoms with Gasteiger partial charge in [-0.05, 0) is 49.2 Å². The average Bonchev–Trinajstić information content (AvgIpc) is 3.17. The zero-order valence-corrected chi connectivity index (χ0v) is 14.5. The van der Waals surface area contributed by atoms with E-state index in [1.807, 2.05) is 0 Å². The van der Waals surface area contributed by atoms with E-state index in [1.165, 1.54) is 13.2 Å². The Morgan fingerprint density at radius 3 is 2.15 bits per heavy atom. The number of furan rings is 1. The van der Waals surface area contributed by atoms with Crippen LogP contribution in [0, 0.1) is 5.92 Å². The number of nitrogens with zero attached hydrogens (tertiary/aromatic N) is 1. The minimum atomic E-state index is -0.141. The zero-order chi connectivity index (χ0) is 18.5. The van der Waals surface area contributed by atoms with Gasteiger partial charge in [0.1, 0.15) is 0 Å². The summed E-state index contributed by atoms with van der Waals surface area (Å²) in [6.45, 7) is 2.50. The van der Waals surface area contributed by atoms with Gasteiger partial charge in [0.15, 0.2) is 5.76 Å². The Morgan fingerprint density at radius 2 is 1.62 bits per heavy atom. The lowest BCUT2D eigenvalue weighted by Crippen LogP contribution is -2.41. The molecule has 7 nitrogen and oxygen atoms in total. The van der Waals surface area contributed by atoms with Crippen LogP contribution in [0.5, 0.6) is 0 Å². The van der Waals surface area contributed by atoms with Crippen LogP contribution in [0.15, 0.2) is 47.1 Å². The number of piperidine rings is 1. The predicted octanol–water partition coefficient (Wildman–Crippen LogP) is 2.73. The fourth-order valence-electron chi connectivity index (χ4n) is 2.99. The first kappa shape index (κ1) is 17.7. The molecule has 1 aliphatic rings. The second-order valence-electron chi connectivity index (χ2n) is 6.29. The minimum Gasteiger partial charge on any atom is -0.459 e. The zero-order valence-electron chi connectivity index (χ0n) is 14.5. The summed E-state index contributed by atoms with van der Waals surface area (Å²) < 4.78 is 5.14. The van der Waals surface area contributed by atoms with Crippen molar-refractivity contribution in [3.05, 3.63) is 48.4 Å². The van der Waals surface area contributed by atoms with Crippen molar-refractivity contribution in [1.29, 1.82) is 0 Å². The number of amides is 3. The topological polar surface area (TPSA) is 91.7 Å². The summed E-state index contributed by atoms with van der Waals surface area (Å²) in [5.41, 5.74) is 1.36. The molecule has 1 fully saturated rings. The van der Waals surface area contributed by atoms with Gasteiger partial charge in [-0.1, -0.05) is 0 Å². The van der Waals surface area contributed by atoms with E-state index in [0.717, 1.165) is 0 Å². The highest BCUT2D eigenvalue weighted by atomic mass is 16.3. The highest BCUT2D eigenvalue weighted by Gasteiger charge is 2.28. The van der Waals surface area contributed by atoms with Gasteiger partial charge < -0.3 is 20.0 Å². The molecular weight excluding hydrogens is 334 g/mol. The standard InChI is InChI=1S/C19H21N3O4/c1-13(23)20-15-4-6-16(7-5-15)21-18(24)14-8-10-22(11-9-14)19(25)17-3-2-12-26-17/h2-7,12,14H,8-11H2,1H3,(H,20,23)(H,21,24). The lowest BCUT2D eigenvalue weighted by molar-refractivity contribution is -0.121. The molecule has 1 aromatic carbocycles. The minimum absolute atomic E-state index is 0.0534. The summed E-state index contributed by atoms with van der Waals surface area (Å²) in [6, 6.07) is 10.3. The van der Waals surface area contributed by atoms with Crippen molar-refractivity contribution in [3.63, 3.8) is 0 Å². The molecule has 0 bridgehead atoms. The van der Waals surface area contributed by atoms with Crippen molar-refractivity contribution in [2.24, 2.45) is 5.92 Å². The highest BCUT2D eigenvalue weighted by molar-refractivity contribution is 5.94. The maximum Gasteiger partial charge on any atom is 0.289 e. The molecule has 0 saturated carbocycles. The Morgan fingerprint density at radius 1 is 1.00 bits per heavy atom. The molecule has 0 radical (unpaired) electrons. The third kappa shape index (κ3) is 4.30. The molecule has 26 heavy (non-hydrogen) atoms. The number of likely N-dealkylation sites (tertiary alicyclic amines) is 1. The third-order valence-corrected chi connectivity index (χ3v) is 4.36. The van der Waals surface area contributed by atoms with E-state index in [9.17, 15) is 14.4 Å². The van der Waals surface area contributed by atoms with Gasteiger partial charge in [-0.3, -0.25) is 14.4 Å². The summed E-state index contributed by atoms with van der Waals surface area (Å²) in [4.78, 5) is 37.4. The van der Waals surface area contributed by atoms with Crippen LogP contribution in [0.3, 0.4) is 0 Å². The summed E-state index contributed by atoms with van der Waals surface area (Å²) in [7, 11) is 0. The Kier molecular flexibility index (Phi) is 5.36. The van der Waals surface area contributed by atoms with Crippen LogP contribution < -0.4 is 10.6 Å². The van der Waals surface area contributed by atoms with Crippen molar-refractivity contribution in [3.8, 4) is 0 Å². The molecular formula is C19H21N3O4. The largest absolute Gasteiger partial charge is 0.459 e. The normalized spacial score (nSPS) is 14.7. The maximum atomic E-state index is 12.4. The van der Waals surface area contributed by atoms with Crippen LogP contribution in [0.2, 0.25) is 0 Å². The van der Waals surface area contributed by atoms with E-state index >= 15 is 0 Å². The van der Waals surface area contributed by atoms with Gasteiger partial charge in [0.25, 0.3) is 5.91 Å². The molecule has 0 atom stereocenters. The molecule has 3 amide bonds. The fraction of sp³-hybridized carbons (Fsp3) is 0.316. The van der Waals surface area contributed by atoms with E-state index < -0.39 is 0 Å². The number of nitrogens with one attached hydrogen (secondary N) is 2. The van der Waals surface area contributed by atoms with E-state index in [2.05, 4.69) is 10.6 Å². The molecule has 0 spiro atoms. The molecule has 2 heterocycles. The number of carbonyl (C=O) groups excluding carboxylic acids is 3. The number of hydrogen-bond donors (Lipinski definition) is 2. The second kappa shape index (κ2) is 7.86. The van der Waals surface area contributed by atoms with E-state index in [4.69, 9.17) is 4.42 Å². The van der Waals surface area contributed by atoms with E-state index in [1.54, 1.807) is 41.3 Å². The van der Waals surface area contributed by atoms with Gasteiger partial charge in [-0.2, -0.15) is 0 Å². The molecule has 136 valence electrons. The summed E-state index contributed by atoms with van der Waals surface area (Å²) in [6.07, 6.45) is 2.70. The van der Waals surface area contributed by atoms with Crippen LogP contribution in [0.1, 0.15) is 30.3 Å². The average molecular weight is 355 g/mol. The quantitative estimate of drug-likeness (QED) is 0.882. The molecule has 0 unspecified atom stereocenters. The molecule has 1 aliphatic heterocycles.